The first-order valence-corrected chi connectivity index (χ1v) is 7.52. The molecule has 1 atom stereocenters. The van der Waals surface area contributed by atoms with Gasteiger partial charge in [-0.1, -0.05) is 11.6 Å². The third kappa shape index (κ3) is 3.59. The molecule has 0 aliphatic carbocycles. The van der Waals surface area contributed by atoms with Crippen molar-refractivity contribution in [2.45, 2.75) is 12.6 Å². The molecule has 1 aliphatic heterocycles. The standard InChI is InChI=1S/C16H15ClN2O4/c17-13-5-10(6-15-16(13)22-4-3-21-15)14(20)9-19-8-12-2-1-11(7-18)23-12/h1-2,5-6,14,19-20H,3-4,8-9H2. The number of nitrogens with zero attached hydrogens (tertiary/aromatic N) is 1. The highest BCUT2D eigenvalue weighted by atomic mass is 35.5. The van der Waals surface area contributed by atoms with Crippen LogP contribution in [0.25, 0.3) is 0 Å². The maximum atomic E-state index is 10.3. The van der Waals surface area contributed by atoms with Crippen LogP contribution in [0.2, 0.25) is 5.02 Å². The van der Waals surface area contributed by atoms with Crippen molar-refractivity contribution < 1.29 is 19.0 Å². The van der Waals surface area contributed by atoms with Crippen LogP contribution in [0, 0.1) is 11.3 Å². The Morgan fingerprint density at radius 1 is 1.30 bits per heavy atom. The Labute approximate surface area is 138 Å². The molecule has 0 saturated heterocycles. The molecule has 1 aromatic carbocycles. The lowest BCUT2D eigenvalue weighted by Crippen LogP contribution is -2.21. The van der Waals surface area contributed by atoms with Crippen molar-refractivity contribution in [1.82, 2.24) is 5.32 Å². The van der Waals surface area contributed by atoms with Crippen LogP contribution < -0.4 is 14.8 Å². The second kappa shape index (κ2) is 6.92. The van der Waals surface area contributed by atoms with Crippen LogP contribution in [0.15, 0.2) is 28.7 Å². The molecule has 2 N–H and O–H groups in total. The fraction of sp³-hybridized carbons (Fsp3) is 0.312. The van der Waals surface area contributed by atoms with E-state index in [4.69, 9.17) is 30.8 Å². The van der Waals surface area contributed by atoms with E-state index in [9.17, 15) is 5.11 Å². The van der Waals surface area contributed by atoms with Gasteiger partial charge in [-0.2, -0.15) is 5.26 Å². The van der Waals surface area contributed by atoms with Gasteiger partial charge in [-0.3, -0.25) is 0 Å². The molecular weight excluding hydrogens is 320 g/mol. The molecule has 6 nitrogen and oxygen atoms in total. The van der Waals surface area contributed by atoms with Gasteiger partial charge in [0.1, 0.15) is 25.0 Å². The van der Waals surface area contributed by atoms with Crippen molar-refractivity contribution in [3.05, 3.63) is 46.4 Å². The smallest absolute Gasteiger partial charge is 0.203 e. The summed E-state index contributed by atoms with van der Waals surface area (Å²) in [7, 11) is 0. The predicted octanol–water partition coefficient (Wildman–Crippen LogP) is 2.40. The van der Waals surface area contributed by atoms with E-state index in [0.29, 0.717) is 54.1 Å². The summed E-state index contributed by atoms with van der Waals surface area (Å²) in [5.41, 5.74) is 0.643. The number of hydrogen-bond acceptors (Lipinski definition) is 6. The normalized spacial score (nSPS) is 14.3. The molecular formula is C16H15ClN2O4. The molecule has 0 amide bonds. The number of aliphatic hydroxyl groups is 1. The summed E-state index contributed by atoms with van der Waals surface area (Å²) < 4.78 is 16.2. The van der Waals surface area contributed by atoms with E-state index in [2.05, 4.69) is 5.32 Å². The van der Waals surface area contributed by atoms with Crippen LogP contribution >= 0.6 is 11.6 Å². The summed E-state index contributed by atoms with van der Waals surface area (Å²) in [4.78, 5) is 0. The molecule has 120 valence electrons. The number of fused-ring (bicyclic) bond motifs is 1. The first kappa shape index (κ1) is 15.7. The van der Waals surface area contributed by atoms with Crippen LogP contribution in [-0.2, 0) is 6.54 Å². The second-order valence-corrected chi connectivity index (χ2v) is 5.46. The summed E-state index contributed by atoms with van der Waals surface area (Å²) in [5, 5.41) is 22.5. The topological polar surface area (TPSA) is 87.7 Å². The van der Waals surface area contributed by atoms with Gasteiger partial charge < -0.3 is 24.3 Å². The highest BCUT2D eigenvalue weighted by Gasteiger charge is 2.19. The lowest BCUT2D eigenvalue weighted by atomic mass is 10.1. The van der Waals surface area contributed by atoms with Gasteiger partial charge in [-0.25, -0.2) is 0 Å². The predicted molar refractivity (Wildman–Crippen MR) is 82.5 cm³/mol. The zero-order valence-corrected chi connectivity index (χ0v) is 13.0. The molecule has 0 spiro atoms. The van der Waals surface area contributed by atoms with Crippen molar-refractivity contribution in [3.8, 4) is 17.6 Å². The van der Waals surface area contributed by atoms with E-state index < -0.39 is 6.10 Å². The quantitative estimate of drug-likeness (QED) is 0.873. The molecule has 1 unspecified atom stereocenters. The minimum atomic E-state index is -0.756. The van der Waals surface area contributed by atoms with Gasteiger partial charge in [0.15, 0.2) is 11.5 Å². The first-order valence-electron chi connectivity index (χ1n) is 7.14. The van der Waals surface area contributed by atoms with Crippen LogP contribution in [-0.4, -0.2) is 24.9 Å². The molecule has 2 aromatic rings. The second-order valence-electron chi connectivity index (χ2n) is 5.05. The number of benzene rings is 1. The summed E-state index contributed by atoms with van der Waals surface area (Å²) in [6.45, 7) is 1.64. The molecule has 23 heavy (non-hydrogen) atoms. The molecule has 0 radical (unpaired) electrons. The third-order valence-electron chi connectivity index (χ3n) is 3.41. The average molecular weight is 335 g/mol. The Kier molecular flexibility index (Phi) is 4.72. The van der Waals surface area contributed by atoms with Crippen molar-refractivity contribution in [3.63, 3.8) is 0 Å². The maximum Gasteiger partial charge on any atom is 0.203 e. The van der Waals surface area contributed by atoms with Crippen molar-refractivity contribution in [2.24, 2.45) is 0 Å². The first-order chi connectivity index (χ1) is 11.2. The monoisotopic (exact) mass is 334 g/mol. The number of rotatable bonds is 5. The van der Waals surface area contributed by atoms with Gasteiger partial charge >= 0.3 is 0 Å². The maximum absolute atomic E-state index is 10.3. The van der Waals surface area contributed by atoms with Gasteiger partial charge in [0, 0.05) is 6.54 Å². The van der Waals surface area contributed by atoms with Crippen molar-refractivity contribution in [2.75, 3.05) is 19.8 Å². The van der Waals surface area contributed by atoms with Gasteiger partial charge in [-0.15, -0.1) is 0 Å². The summed E-state index contributed by atoms with van der Waals surface area (Å²) in [6.07, 6.45) is -0.756. The average Bonchev–Trinajstić information content (AvgIpc) is 3.02. The van der Waals surface area contributed by atoms with Crippen LogP contribution in [0.4, 0.5) is 0 Å². The molecule has 2 heterocycles. The largest absolute Gasteiger partial charge is 0.486 e. The number of hydrogen-bond donors (Lipinski definition) is 2. The summed E-state index contributed by atoms with van der Waals surface area (Å²) in [6, 6.07) is 8.65. The van der Waals surface area contributed by atoms with Crippen LogP contribution in [0.5, 0.6) is 11.5 Å². The Hall–Kier alpha value is -2.20. The molecule has 1 aliphatic rings. The zero-order valence-electron chi connectivity index (χ0n) is 12.2. The molecule has 3 rings (SSSR count). The molecule has 0 bridgehead atoms. The van der Waals surface area contributed by atoms with Crippen molar-refractivity contribution in [1.29, 1.82) is 5.26 Å². The number of nitrogens with one attached hydrogen (secondary N) is 1. The highest BCUT2D eigenvalue weighted by molar-refractivity contribution is 6.32. The third-order valence-corrected chi connectivity index (χ3v) is 3.69. The number of halogens is 1. The zero-order chi connectivity index (χ0) is 16.2. The number of furan rings is 1. The van der Waals surface area contributed by atoms with Crippen LogP contribution in [0.3, 0.4) is 0 Å². The fourth-order valence-electron chi connectivity index (χ4n) is 2.31. The lowest BCUT2D eigenvalue weighted by molar-refractivity contribution is 0.162. The highest BCUT2D eigenvalue weighted by Crippen LogP contribution is 2.39. The summed E-state index contributed by atoms with van der Waals surface area (Å²) >= 11 is 6.16. The van der Waals surface area contributed by atoms with Gasteiger partial charge in [0.2, 0.25) is 5.76 Å². The Balaban J connectivity index is 1.61. The van der Waals surface area contributed by atoms with E-state index in [-0.39, 0.29) is 5.76 Å². The van der Waals surface area contributed by atoms with E-state index in [1.807, 2.05) is 6.07 Å². The molecule has 0 fully saturated rings. The van der Waals surface area contributed by atoms with E-state index in [1.165, 1.54) is 0 Å². The number of ether oxygens (including phenoxy) is 2. The Bertz CT molecular complexity index is 738. The summed E-state index contributed by atoms with van der Waals surface area (Å²) in [5.74, 6) is 1.96. The number of nitriles is 1. The van der Waals surface area contributed by atoms with E-state index >= 15 is 0 Å². The SMILES string of the molecule is N#Cc1ccc(CNCC(O)c2cc(Cl)c3c(c2)OCCO3)o1. The van der Waals surface area contributed by atoms with E-state index in [1.54, 1.807) is 24.3 Å². The van der Waals surface area contributed by atoms with Gasteiger partial charge in [0.25, 0.3) is 0 Å². The van der Waals surface area contributed by atoms with E-state index in [0.717, 1.165) is 0 Å². The van der Waals surface area contributed by atoms with Crippen molar-refractivity contribution >= 4 is 11.6 Å². The fourth-order valence-corrected chi connectivity index (χ4v) is 2.58. The minimum Gasteiger partial charge on any atom is -0.486 e. The molecule has 7 heteroatoms. The van der Waals surface area contributed by atoms with Gasteiger partial charge in [0.05, 0.1) is 17.7 Å². The van der Waals surface area contributed by atoms with Crippen LogP contribution in [0.1, 0.15) is 23.2 Å². The van der Waals surface area contributed by atoms with Gasteiger partial charge in [-0.05, 0) is 29.8 Å². The minimum absolute atomic E-state index is 0.265. The lowest BCUT2D eigenvalue weighted by Gasteiger charge is -2.21. The molecule has 1 aromatic heterocycles. The number of aliphatic hydroxyl groups excluding tert-OH is 1. The molecule has 0 saturated carbocycles. The Morgan fingerprint density at radius 3 is 2.91 bits per heavy atom. The Morgan fingerprint density at radius 2 is 2.13 bits per heavy atom.